The highest BCUT2D eigenvalue weighted by atomic mass is 35.5. The van der Waals surface area contributed by atoms with Crippen LogP contribution in [0.2, 0.25) is 5.02 Å². The second kappa shape index (κ2) is 5.63. The molecule has 1 unspecified atom stereocenters. The molecule has 2 N–H and O–H groups in total. The van der Waals surface area contributed by atoms with Crippen molar-refractivity contribution >= 4 is 11.6 Å². The lowest BCUT2D eigenvalue weighted by Crippen LogP contribution is -2.15. The van der Waals surface area contributed by atoms with E-state index < -0.39 is 23.5 Å². The molecular weight excluding hydrogens is 275 g/mol. The van der Waals surface area contributed by atoms with Gasteiger partial charge < -0.3 is 5.73 Å². The molecule has 19 heavy (non-hydrogen) atoms. The summed E-state index contributed by atoms with van der Waals surface area (Å²) in [6, 6.07) is 6.34. The van der Waals surface area contributed by atoms with Crippen LogP contribution in [-0.4, -0.2) is 0 Å². The van der Waals surface area contributed by atoms with Gasteiger partial charge in [-0.05, 0) is 47.9 Å². The van der Waals surface area contributed by atoms with Gasteiger partial charge >= 0.3 is 0 Å². The van der Waals surface area contributed by atoms with E-state index in [1.54, 1.807) is 0 Å². The zero-order valence-electron chi connectivity index (χ0n) is 9.84. The second-order valence-corrected chi connectivity index (χ2v) is 4.62. The highest BCUT2D eigenvalue weighted by Gasteiger charge is 2.14. The molecule has 0 heterocycles. The van der Waals surface area contributed by atoms with Crippen LogP contribution in [0.5, 0.6) is 0 Å². The summed E-state index contributed by atoms with van der Waals surface area (Å²) in [6.45, 7) is 0. The lowest BCUT2D eigenvalue weighted by Gasteiger charge is -2.14. The van der Waals surface area contributed by atoms with Gasteiger partial charge in [0.2, 0.25) is 0 Å². The maximum Gasteiger partial charge on any atom is 0.126 e. The number of benzene rings is 2. The van der Waals surface area contributed by atoms with E-state index in [2.05, 4.69) is 0 Å². The topological polar surface area (TPSA) is 26.0 Å². The summed E-state index contributed by atoms with van der Waals surface area (Å²) in [5, 5.41) is 0.171. The first kappa shape index (κ1) is 13.9. The maximum atomic E-state index is 13.5. The minimum Gasteiger partial charge on any atom is -0.324 e. The van der Waals surface area contributed by atoms with Gasteiger partial charge in [0.15, 0.2) is 0 Å². The molecule has 0 spiro atoms. The zero-order valence-corrected chi connectivity index (χ0v) is 10.6. The predicted octanol–water partition coefficient (Wildman–Crippen LogP) is 4.00. The predicted molar refractivity (Wildman–Crippen MR) is 68.4 cm³/mol. The van der Waals surface area contributed by atoms with E-state index in [4.69, 9.17) is 17.3 Å². The highest BCUT2D eigenvalue weighted by molar-refractivity contribution is 6.31. The molecule has 2 aromatic carbocycles. The third kappa shape index (κ3) is 3.28. The first-order chi connectivity index (χ1) is 8.97. The van der Waals surface area contributed by atoms with Crippen molar-refractivity contribution in [1.82, 2.24) is 0 Å². The Labute approximate surface area is 113 Å². The van der Waals surface area contributed by atoms with Crippen LogP contribution >= 0.6 is 11.6 Å². The van der Waals surface area contributed by atoms with Crippen molar-refractivity contribution in [3.8, 4) is 0 Å². The molecule has 0 saturated carbocycles. The van der Waals surface area contributed by atoms with Crippen molar-refractivity contribution < 1.29 is 13.2 Å². The Morgan fingerprint density at radius 3 is 2.32 bits per heavy atom. The molecular formula is C14H11ClF3N. The molecule has 1 nitrogen and oxygen atoms in total. The van der Waals surface area contributed by atoms with Crippen LogP contribution in [-0.2, 0) is 6.42 Å². The van der Waals surface area contributed by atoms with E-state index in [1.807, 2.05) is 0 Å². The molecule has 0 fully saturated rings. The lowest BCUT2D eigenvalue weighted by atomic mass is 9.99. The fourth-order valence-corrected chi connectivity index (χ4v) is 2.16. The Bertz CT molecular complexity index is 601. The van der Waals surface area contributed by atoms with E-state index in [-0.39, 0.29) is 17.0 Å². The third-order valence-electron chi connectivity index (χ3n) is 2.81. The molecule has 2 aromatic rings. The first-order valence-corrected chi connectivity index (χ1v) is 5.99. The molecule has 0 aliphatic rings. The number of nitrogens with two attached hydrogens (primary N) is 1. The van der Waals surface area contributed by atoms with E-state index in [1.165, 1.54) is 12.1 Å². The van der Waals surface area contributed by atoms with Crippen LogP contribution in [0, 0.1) is 17.5 Å². The second-order valence-electron chi connectivity index (χ2n) is 4.21. The Kier molecular flexibility index (Phi) is 4.12. The van der Waals surface area contributed by atoms with Gasteiger partial charge in [-0.25, -0.2) is 13.2 Å². The molecule has 5 heteroatoms. The summed E-state index contributed by atoms with van der Waals surface area (Å²) in [4.78, 5) is 0. The van der Waals surface area contributed by atoms with Gasteiger partial charge in [-0.2, -0.15) is 0 Å². The normalized spacial score (nSPS) is 12.5. The van der Waals surface area contributed by atoms with Crippen LogP contribution < -0.4 is 5.73 Å². The molecule has 0 amide bonds. The van der Waals surface area contributed by atoms with Crippen molar-refractivity contribution in [3.05, 3.63) is 70.0 Å². The maximum absolute atomic E-state index is 13.5. The smallest absolute Gasteiger partial charge is 0.126 e. The van der Waals surface area contributed by atoms with E-state index in [9.17, 15) is 13.2 Å². The number of hydrogen-bond acceptors (Lipinski definition) is 1. The largest absolute Gasteiger partial charge is 0.324 e. The monoisotopic (exact) mass is 285 g/mol. The Hall–Kier alpha value is -1.52. The van der Waals surface area contributed by atoms with Gasteiger partial charge in [0.25, 0.3) is 0 Å². The Morgan fingerprint density at radius 2 is 1.63 bits per heavy atom. The Morgan fingerprint density at radius 1 is 1.00 bits per heavy atom. The number of hydrogen-bond donors (Lipinski definition) is 1. The molecule has 1 atom stereocenters. The summed E-state index contributed by atoms with van der Waals surface area (Å²) in [5.74, 6) is -1.54. The van der Waals surface area contributed by atoms with Crippen molar-refractivity contribution in [2.75, 3.05) is 0 Å². The standard InChI is InChI=1S/C14H11ClF3N/c15-12-7-10(17)1-3-11(12)14(19)6-8-5-9(16)2-4-13(8)18/h1-5,7,14H,6,19H2. The summed E-state index contributed by atoms with van der Waals surface area (Å²) < 4.78 is 39.5. The quantitative estimate of drug-likeness (QED) is 0.906. The fourth-order valence-electron chi connectivity index (χ4n) is 1.85. The van der Waals surface area contributed by atoms with Gasteiger partial charge in [0.05, 0.1) is 0 Å². The van der Waals surface area contributed by atoms with Gasteiger partial charge in [-0.1, -0.05) is 17.7 Å². The molecule has 0 bridgehead atoms. The van der Waals surface area contributed by atoms with E-state index in [0.717, 1.165) is 24.3 Å². The molecule has 0 radical (unpaired) electrons. The zero-order chi connectivity index (χ0) is 14.0. The van der Waals surface area contributed by atoms with Crippen LogP contribution in [0.1, 0.15) is 17.2 Å². The molecule has 0 saturated heterocycles. The van der Waals surface area contributed by atoms with Crippen LogP contribution in [0.3, 0.4) is 0 Å². The molecule has 2 rings (SSSR count). The minimum absolute atomic E-state index is 0.0783. The number of rotatable bonds is 3. The molecule has 0 aliphatic heterocycles. The van der Waals surface area contributed by atoms with Crippen LogP contribution in [0.25, 0.3) is 0 Å². The van der Waals surface area contributed by atoms with E-state index >= 15 is 0 Å². The SMILES string of the molecule is NC(Cc1cc(F)ccc1F)c1ccc(F)cc1Cl. The highest BCUT2D eigenvalue weighted by Crippen LogP contribution is 2.26. The summed E-state index contributed by atoms with van der Waals surface area (Å²) in [5.41, 5.74) is 6.55. The van der Waals surface area contributed by atoms with Crippen molar-refractivity contribution in [3.63, 3.8) is 0 Å². The lowest BCUT2D eigenvalue weighted by molar-refractivity contribution is 0.572. The number of halogens is 4. The van der Waals surface area contributed by atoms with Crippen LogP contribution in [0.4, 0.5) is 13.2 Å². The molecule has 100 valence electrons. The minimum atomic E-state index is -0.635. The summed E-state index contributed by atoms with van der Waals surface area (Å²) in [7, 11) is 0. The summed E-state index contributed by atoms with van der Waals surface area (Å²) >= 11 is 5.87. The van der Waals surface area contributed by atoms with Crippen molar-refractivity contribution in [2.45, 2.75) is 12.5 Å². The average molecular weight is 286 g/mol. The van der Waals surface area contributed by atoms with Gasteiger partial charge in [0, 0.05) is 11.1 Å². The van der Waals surface area contributed by atoms with Crippen LogP contribution in [0.15, 0.2) is 36.4 Å². The average Bonchev–Trinajstić information content (AvgIpc) is 2.33. The fraction of sp³-hybridized carbons (Fsp3) is 0.143. The molecule has 0 aliphatic carbocycles. The first-order valence-electron chi connectivity index (χ1n) is 5.62. The van der Waals surface area contributed by atoms with Crippen molar-refractivity contribution in [1.29, 1.82) is 0 Å². The van der Waals surface area contributed by atoms with E-state index in [0.29, 0.717) is 5.56 Å². The third-order valence-corrected chi connectivity index (χ3v) is 3.14. The van der Waals surface area contributed by atoms with Gasteiger partial charge in [0.1, 0.15) is 17.5 Å². The van der Waals surface area contributed by atoms with Crippen molar-refractivity contribution in [2.24, 2.45) is 5.73 Å². The van der Waals surface area contributed by atoms with Gasteiger partial charge in [-0.3, -0.25) is 0 Å². The molecule has 0 aromatic heterocycles. The van der Waals surface area contributed by atoms with Gasteiger partial charge in [-0.15, -0.1) is 0 Å². The Balaban J connectivity index is 2.25. The summed E-state index contributed by atoms with van der Waals surface area (Å²) in [6.07, 6.45) is 0.0783.